The Morgan fingerprint density at radius 3 is 2.79 bits per heavy atom. The lowest BCUT2D eigenvalue weighted by Crippen LogP contribution is -2.38. The van der Waals surface area contributed by atoms with E-state index >= 15 is 0 Å². The molecule has 0 aromatic heterocycles. The SMILES string of the molecule is CSCC(C)N(C)CC1CCNC1C. The van der Waals surface area contributed by atoms with Gasteiger partial charge in [0.15, 0.2) is 0 Å². The zero-order chi connectivity index (χ0) is 10.6. The first kappa shape index (κ1) is 12.3. The Morgan fingerprint density at radius 2 is 2.29 bits per heavy atom. The Hall–Kier alpha value is 0.270. The van der Waals surface area contributed by atoms with Crippen molar-refractivity contribution in [1.82, 2.24) is 10.2 Å². The van der Waals surface area contributed by atoms with Gasteiger partial charge in [-0.3, -0.25) is 0 Å². The smallest absolute Gasteiger partial charge is 0.0155 e. The third-order valence-corrected chi connectivity index (χ3v) is 4.19. The summed E-state index contributed by atoms with van der Waals surface area (Å²) < 4.78 is 0. The van der Waals surface area contributed by atoms with E-state index in [1.807, 2.05) is 11.8 Å². The van der Waals surface area contributed by atoms with Crippen LogP contribution in [0.15, 0.2) is 0 Å². The van der Waals surface area contributed by atoms with E-state index in [-0.39, 0.29) is 0 Å². The quantitative estimate of drug-likeness (QED) is 0.752. The van der Waals surface area contributed by atoms with Crippen LogP contribution in [-0.2, 0) is 0 Å². The van der Waals surface area contributed by atoms with Crippen LogP contribution >= 0.6 is 11.8 Å². The van der Waals surface area contributed by atoms with Gasteiger partial charge in [-0.1, -0.05) is 0 Å². The normalized spacial score (nSPS) is 29.8. The minimum absolute atomic E-state index is 0.706. The molecule has 1 aliphatic heterocycles. The van der Waals surface area contributed by atoms with Crippen molar-refractivity contribution < 1.29 is 0 Å². The number of hydrogen-bond acceptors (Lipinski definition) is 3. The molecule has 1 fully saturated rings. The Labute approximate surface area is 92.8 Å². The number of nitrogens with zero attached hydrogens (tertiary/aromatic N) is 1. The fourth-order valence-electron chi connectivity index (χ4n) is 2.08. The van der Waals surface area contributed by atoms with Crippen LogP contribution in [0.4, 0.5) is 0 Å². The third-order valence-electron chi connectivity index (χ3n) is 3.37. The molecule has 14 heavy (non-hydrogen) atoms. The molecule has 1 rings (SSSR count). The van der Waals surface area contributed by atoms with Crippen molar-refractivity contribution in [3.8, 4) is 0 Å². The highest BCUT2D eigenvalue weighted by molar-refractivity contribution is 7.98. The minimum atomic E-state index is 0.706. The summed E-state index contributed by atoms with van der Waals surface area (Å²) in [5, 5.41) is 3.51. The highest BCUT2D eigenvalue weighted by Gasteiger charge is 2.24. The maximum Gasteiger partial charge on any atom is 0.0155 e. The van der Waals surface area contributed by atoms with Crippen molar-refractivity contribution in [3.63, 3.8) is 0 Å². The number of hydrogen-bond donors (Lipinski definition) is 1. The Bertz CT molecular complexity index is 163. The minimum Gasteiger partial charge on any atom is -0.314 e. The van der Waals surface area contributed by atoms with E-state index in [1.165, 1.54) is 25.3 Å². The molecule has 3 heteroatoms. The third kappa shape index (κ3) is 3.44. The molecule has 0 aromatic rings. The van der Waals surface area contributed by atoms with E-state index < -0.39 is 0 Å². The molecule has 3 atom stereocenters. The highest BCUT2D eigenvalue weighted by Crippen LogP contribution is 2.17. The average Bonchev–Trinajstić information content (AvgIpc) is 2.52. The van der Waals surface area contributed by atoms with Crippen LogP contribution in [0.1, 0.15) is 20.3 Å². The molecular formula is C11H24N2S. The maximum absolute atomic E-state index is 3.51. The van der Waals surface area contributed by atoms with Crippen LogP contribution in [-0.4, -0.2) is 49.1 Å². The van der Waals surface area contributed by atoms with Gasteiger partial charge in [0.05, 0.1) is 0 Å². The fraction of sp³-hybridized carbons (Fsp3) is 1.00. The molecule has 0 aliphatic carbocycles. The van der Waals surface area contributed by atoms with Gasteiger partial charge >= 0.3 is 0 Å². The molecule has 0 spiro atoms. The first-order valence-electron chi connectivity index (χ1n) is 5.57. The van der Waals surface area contributed by atoms with E-state index in [1.54, 1.807) is 0 Å². The summed E-state index contributed by atoms with van der Waals surface area (Å²) in [6.07, 6.45) is 3.53. The Balaban J connectivity index is 2.28. The molecule has 0 bridgehead atoms. The predicted octanol–water partition coefficient (Wildman–Crippen LogP) is 1.67. The van der Waals surface area contributed by atoms with Gasteiger partial charge in [0.25, 0.3) is 0 Å². The van der Waals surface area contributed by atoms with E-state index in [0.29, 0.717) is 12.1 Å². The van der Waals surface area contributed by atoms with Gasteiger partial charge in [0.2, 0.25) is 0 Å². The van der Waals surface area contributed by atoms with Gasteiger partial charge in [0.1, 0.15) is 0 Å². The summed E-state index contributed by atoms with van der Waals surface area (Å²) in [6, 6.07) is 1.41. The van der Waals surface area contributed by atoms with Gasteiger partial charge < -0.3 is 10.2 Å². The summed E-state index contributed by atoms with van der Waals surface area (Å²) in [6.45, 7) is 7.08. The van der Waals surface area contributed by atoms with Gasteiger partial charge in [-0.15, -0.1) is 0 Å². The molecule has 1 N–H and O–H groups in total. The monoisotopic (exact) mass is 216 g/mol. The lowest BCUT2D eigenvalue weighted by atomic mass is 10.0. The average molecular weight is 216 g/mol. The lowest BCUT2D eigenvalue weighted by Gasteiger charge is -2.28. The molecule has 0 aromatic carbocycles. The van der Waals surface area contributed by atoms with Crippen molar-refractivity contribution in [3.05, 3.63) is 0 Å². The highest BCUT2D eigenvalue weighted by atomic mass is 32.2. The first-order valence-corrected chi connectivity index (χ1v) is 6.97. The van der Waals surface area contributed by atoms with Crippen molar-refractivity contribution in [2.24, 2.45) is 5.92 Å². The summed E-state index contributed by atoms with van der Waals surface area (Å²) in [5.74, 6) is 2.09. The van der Waals surface area contributed by atoms with Gasteiger partial charge in [0, 0.05) is 24.4 Å². The first-order chi connectivity index (χ1) is 6.65. The van der Waals surface area contributed by atoms with E-state index in [9.17, 15) is 0 Å². The van der Waals surface area contributed by atoms with E-state index in [4.69, 9.17) is 0 Å². The fourth-order valence-corrected chi connectivity index (χ4v) is 2.82. The molecule has 1 saturated heterocycles. The second-order valence-corrected chi connectivity index (χ2v) is 5.45. The number of nitrogens with one attached hydrogen (secondary N) is 1. The summed E-state index contributed by atoms with van der Waals surface area (Å²) >= 11 is 1.94. The molecule has 2 nitrogen and oxygen atoms in total. The van der Waals surface area contributed by atoms with Crippen LogP contribution in [0.25, 0.3) is 0 Å². The molecule has 0 saturated carbocycles. The van der Waals surface area contributed by atoms with Crippen LogP contribution in [0.2, 0.25) is 0 Å². The standard InChI is InChI=1S/C11H24N2S/c1-9(8-14-4)13(3)7-11-5-6-12-10(11)2/h9-12H,5-8H2,1-4H3. The zero-order valence-corrected chi connectivity index (χ0v) is 10.7. The molecule has 0 radical (unpaired) electrons. The largest absolute Gasteiger partial charge is 0.314 e. The molecular weight excluding hydrogens is 192 g/mol. The summed E-state index contributed by atoms with van der Waals surface area (Å²) in [7, 11) is 2.26. The van der Waals surface area contributed by atoms with Crippen LogP contribution in [0.5, 0.6) is 0 Å². The van der Waals surface area contributed by atoms with Crippen LogP contribution < -0.4 is 5.32 Å². The zero-order valence-electron chi connectivity index (χ0n) is 9.92. The van der Waals surface area contributed by atoms with Gasteiger partial charge in [-0.05, 0) is 46.0 Å². The molecule has 3 unspecified atom stereocenters. The van der Waals surface area contributed by atoms with E-state index in [0.717, 1.165) is 5.92 Å². The topological polar surface area (TPSA) is 15.3 Å². The van der Waals surface area contributed by atoms with Crippen LogP contribution in [0.3, 0.4) is 0 Å². The Kier molecular flexibility index (Phi) is 5.28. The number of rotatable bonds is 5. The molecule has 1 heterocycles. The molecule has 1 aliphatic rings. The second-order valence-electron chi connectivity index (χ2n) is 4.54. The predicted molar refractivity (Wildman–Crippen MR) is 66.0 cm³/mol. The van der Waals surface area contributed by atoms with Crippen molar-refractivity contribution in [2.75, 3.05) is 32.1 Å². The Morgan fingerprint density at radius 1 is 1.57 bits per heavy atom. The van der Waals surface area contributed by atoms with Gasteiger partial charge in [-0.25, -0.2) is 0 Å². The second kappa shape index (κ2) is 5.99. The molecule has 0 amide bonds. The summed E-state index contributed by atoms with van der Waals surface area (Å²) in [4.78, 5) is 2.50. The maximum atomic E-state index is 3.51. The number of thioether (sulfide) groups is 1. The van der Waals surface area contributed by atoms with Gasteiger partial charge in [-0.2, -0.15) is 11.8 Å². The summed E-state index contributed by atoms with van der Waals surface area (Å²) in [5.41, 5.74) is 0. The van der Waals surface area contributed by atoms with Crippen LogP contribution in [0, 0.1) is 5.92 Å². The van der Waals surface area contributed by atoms with E-state index in [2.05, 4.69) is 37.4 Å². The van der Waals surface area contributed by atoms with Crippen molar-refractivity contribution >= 4 is 11.8 Å². The molecule has 84 valence electrons. The lowest BCUT2D eigenvalue weighted by molar-refractivity contribution is 0.226. The van der Waals surface area contributed by atoms with Crippen molar-refractivity contribution in [1.29, 1.82) is 0 Å². The van der Waals surface area contributed by atoms with Crippen molar-refractivity contribution in [2.45, 2.75) is 32.4 Å².